The van der Waals surface area contributed by atoms with E-state index in [9.17, 15) is 0 Å². The van der Waals surface area contributed by atoms with Crippen molar-refractivity contribution in [3.63, 3.8) is 0 Å². The molecular formula is C15H27NO. The standard InChI is InChI=1S/C15H27NO/c1-5-12(2)11-14(4)16-13(3)8-9-15-7-6-10-17-15/h6-7,10,12-14,16H,5,8-9,11H2,1-4H3. The van der Waals surface area contributed by atoms with Gasteiger partial charge in [-0.3, -0.25) is 0 Å². The number of hydrogen-bond donors (Lipinski definition) is 1. The van der Waals surface area contributed by atoms with Gasteiger partial charge in [-0.25, -0.2) is 0 Å². The van der Waals surface area contributed by atoms with Crippen LogP contribution >= 0.6 is 0 Å². The van der Waals surface area contributed by atoms with Gasteiger partial charge in [-0.05, 0) is 44.7 Å². The first-order valence-corrected chi connectivity index (χ1v) is 6.90. The molecule has 0 aliphatic heterocycles. The van der Waals surface area contributed by atoms with Gasteiger partial charge in [0.15, 0.2) is 0 Å². The molecule has 98 valence electrons. The van der Waals surface area contributed by atoms with E-state index in [0.29, 0.717) is 12.1 Å². The summed E-state index contributed by atoms with van der Waals surface area (Å²) in [7, 11) is 0. The van der Waals surface area contributed by atoms with E-state index >= 15 is 0 Å². The summed E-state index contributed by atoms with van der Waals surface area (Å²) in [5, 5.41) is 3.67. The Hall–Kier alpha value is -0.760. The molecule has 0 saturated heterocycles. The SMILES string of the molecule is CCC(C)CC(C)NC(C)CCc1ccco1. The average Bonchev–Trinajstić information content (AvgIpc) is 2.78. The van der Waals surface area contributed by atoms with Crippen LogP contribution in [-0.2, 0) is 6.42 Å². The molecule has 0 aromatic carbocycles. The maximum atomic E-state index is 5.34. The van der Waals surface area contributed by atoms with Gasteiger partial charge in [-0.15, -0.1) is 0 Å². The molecule has 0 fully saturated rings. The van der Waals surface area contributed by atoms with Gasteiger partial charge in [-0.1, -0.05) is 20.3 Å². The molecule has 3 unspecified atom stereocenters. The van der Waals surface area contributed by atoms with E-state index in [2.05, 4.69) is 39.1 Å². The lowest BCUT2D eigenvalue weighted by Crippen LogP contribution is -2.35. The minimum absolute atomic E-state index is 0.555. The second kappa shape index (κ2) is 7.54. The van der Waals surface area contributed by atoms with Crippen LogP contribution in [0.15, 0.2) is 22.8 Å². The molecule has 3 atom stereocenters. The first-order chi connectivity index (χ1) is 8.11. The highest BCUT2D eigenvalue weighted by molar-refractivity contribution is 4.98. The Morgan fingerprint density at radius 3 is 2.59 bits per heavy atom. The molecule has 1 rings (SSSR count). The maximum Gasteiger partial charge on any atom is 0.103 e. The summed E-state index contributed by atoms with van der Waals surface area (Å²) >= 11 is 0. The van der Waals surface area contributed by atoms with Gasteiger partial charge in [0.05, 0.1) is 6.26 Å². The Morgan fingerprint density at radius 2 is 2.00 bits per heavy atom. The van der Waals surface area contributed by atoms with Crippen molar-refractivity contribution in [1.29, 1.82) is 0 Å². The lowest BCUT2D eigenvalue weighted by Gasteiger charge is -2.22. The molecule has 1 heterocycles. The van der Waals surface area contributed by atoms with Gasteiger partial charge < -0.3 is 9.73 Å². The van der Waals surface area contributed by atoms with E-state index < -0.39 is 0 Å². The van der Waals surface area contributed by atoms with E-state index in [4.69, 9.17) is 4.42 Å². The fourth-order valence-electron chi connectivity index (χ4n) is 2.22. The Labute approximate surface area is 106 Å². The fourth-order valence-corrected chi connectivity index (χ4v) is 2.22. The molecule has 2 heteroatoms. The number of aryl methyl sites for hydroxylation is 1. The number of nitrogens with one attached hydrogen (secondary N) is 1. The minimum Gasteiger partial charge on any atom is -0.469 e. The van der Waals surface area contributed by atoms with Crippen LogP contribution in [0.1, 0.15) is 52.7 Å². The van der Waals surface area contributed by atoms with Crippen molar-refractivity contribution in [3.8, 4) is 0 Å². The molecule has 1 aromatic heterocycles. The first kappa shape index (κ1) is 14.3. The highest BCUT2D eigenvalue weighted by atomic mass is 16.3. The predicted octanol–water partition coefficient (Wildman–Crippen LogP) is 4.02. The summed E-state index contributed by atoms with van der Waals surface area (Å²) in [6.45, 7) is 9.13. The Kier molecular flexibility index (Phi) is 6.35. The van der Waals surface area contributed by atoms with Crippen molar-refractivity contribution in [2.45, 2.75) is 65.5 Å². The highest BCUT2D eigenvalue weighted by Gasteiger charge is 2.10. The largest absolute Gasteiger partial charge is 0.469 e. The maximum absolute atomic E-state index is 5.34. The van der Waals surface area contributed by atoms with Crippen molar-refractivity contribution in [1.82, 2.24) is 5.32 Å². The molecule has 2 nitrogen and oxygen atoms in total. The third-order valence-corrected chi connectivity index (χ3v) is 3.43. The molecule has 0 radical (unpaired) electrons. The zero-order valence-corrected chi connectivity index (χ0v) is 11.7. The second-order valence-electron chi connectivity index (χ2n) is 5.34. The van der Waals surface area contributed by atoms with Crippen molar-refractivity contribution >= 4 is 0 Å². The number of hydrogen-bond acceptors (Lipinski definition) is 2. The summed E-state index contributed by atoms with van der Waals surface area (Å²) in [6.07, 6.45) is 6.45. The Balaban J connectivity index is 2.17. The topological polar surface area (TPSA) is 25.2 Å². The van der Waals surface area contributed by atoms with Crippen LogP contribution in [0.25, 0.3) is 0 Å². The van der Waals surface area contributed by atoms with Crippen LogP contribution in [0.3, 0.4) is 0 Å². The molecule has 0 bridgehead atoms. The predicted molar refractivity (Wildman–Crippen MR) is 73.2 cm³/mol. The molecule has 0 aliphatic carbocycles. The van der Waals surface area contributed by atoms with Gasteiger partial charge in [0, 0.05) is 18.5 Å². The molecule has 1 N–H and O–H groups in total. The summed E-state index contributed by atoms with van der Waals surface area (Å²) in [5.41, 5.74) is 0. The van der Waals surface area contributed by atoms with Crippen LogP contribution in [0.5, 0.6) is 0 Å². The summed E-state index contributed by atoms with van der Waals surface area (Å²) < 4.78 is 5.34. The van der Waals surface area contributed by atoms with E-state index in [1.807, 2.05) is 6.07 Å². The van der Waals surface area contributed by atoms with E-state index in [-0.39, 0.29) is 0 Å². The lowest BCUT2D eigenvalue weighted by atomic mass is 9.99. The van der Waals surface area contributed by atoms with Crippen LogP contribution in [0.2, 0.25) is 0 Å². The van der Waals surface area contributed by atoms with Crippen molar-refractivity contribution in [2.75, 3.05) is 0 Å². The van der Waals surface area contributed by atoms with E-state index in [1.165, 1.54) is 12.8 Å². The van der Waals surface area contributed by atoms with Crippen molar-refractivity contribution in [3.05, 3.63) is 24.2 Å². The monoisotopic (exact) mass is 237 g/mol. The summed E-state index contributed by atoms with van der Waals surface area (Å²) in [6, 6.07) is 5.17. The third-order valence-electron chi connectivity index (χ3n) is 3.43. The van der Waals surface area contributed by atoms with Crippen LogP contribution in [0, 0.1) is 5.92 Å². The van der Waals surface area contributed by atoms with Crippen molar-refractivity contribution < 1.29 is 4.42 Å². The zero-order valence-electron chi connectivity index (χ0n) is 11.7. The zero-order chi connectivity index (χ0) is 12.7. The van der Waals surface area contributed by atoms with Crippen LogP contribution in [0.4, 0.5) is 0 Å². The highest BCUT2D eigenvalue weighted by Crippen LogP contribution is 2.11. The molecular weight excluding hydrogens is 210 g/mol. The van der Waals surface area contributed by atoms with Crippen LogP contribution in [-0.4, -0.2) is 12.1 Å². The number of rotatable bonds is 8. The van der Waals surface area contributed by atoms with Gasteiger partial charge >= 0.3 is 0 Å². The molecule has 0 aliphatic rings. The quantitative estimate of drug-likeness (QED) is 0.739. The molecule has 17 heavy (non-hydrogen) atoms. The van der Waals surface area contributed by atoms with Gasteiger partial charge in [0.2, 0.25) is 0 Å². The molecule has 1 aromatic rings. The Morgan fingerprint density at radius 1 is 1.24 bits per heavy atom. The molecule has 0 saturated carbocycles. The van der Waals surface area contributed by atoms with Gasteiger partial charge in [-0.2, -0.15) is 0 Å². The van der Waals surface area contributed by atoms with Crippen LogP contribution < -0.4 is 5.32 Å². The molecule has 0 amide bonds. The van der Waals surface area contributed by atoms with E-state index in [0.717, 1.165) is 24.5 Å². The normalized spacial score (nSPS) is 16.7. The smallest absolute Gasteiger partial charge is 0.103 e. The third kappa shape index (κ3) is 5.92. The Bertz CT molecular complexity index is 281. The van der Waals surface area contributed by atoms with E-state index in [1.54, 1.807) is 6.26 Å². The minimum atomic E-state index is 0.555. The average molecular weight is 237 g/mol. The number of furan rings is 1. The lowest BCUT2D eigenvalue weighted by molar-refractivity contribution is 0.367. The fraction of sp³-hybridized carbons (Fsp3) is 0.733. The summed E-state index contributed by atoms with van der Waals surface area (Å²) in [5.74, 6) is 1.91. The molecule has 0 spiro atoms. The van der Waals surface area contributed by atoms with Gasteiger partial charge in [0.1, 0.15) is 5.76 Å². The first-order valence-electron chi connectivity index (χ1n) is 6.90. The van der Waals surface area contributed by atoms with Crippen molar-refractivity contribution in [2.24, 2.45) is 5.92 Å². The second-order valence-corrected chi connectivity index (χ2v) is 5.34. The summed E-state index contributed by atoms with van der Waals surface area (Å²) in [4.78, 5) is 0. The van der Waals surface area contributed by atoms with Gasteiger partial charge in [0.25, 0.3) is 0 Å².